The van der Waals surface area contributed by atoms with Gasteiger partial charge in [-0.3, -0.25) is 4.79 Å². The Kier molecular flexibility index (Phi) is 5.93. The fourth-order valence-electron chi connectivity index (χ4n) is 2.32. The zero-order valence-corrected chi connectivity index (χ0v) is 14.5. The third kappa shape index (κ3) is 5.66. The maximum absolute atomic E-state index is 11.3. The first-order valence-electron chi connectivity index (χ1n) is 8.02. The molecule has 0 aliphatic rings. The molecule has 5 nitrogen and oxygen atoms in total. The topological polar surface area (TPSA) is 77.2 Å². The van der Waals surface area contributed by atoms with Crippen molar-refractivity contribution in [2.75, 3.05) is 13.2 Å². The van der Waals surface area contributed by atoms with Gasteiger partial charge in [-0.25, -0.2) is 4.98 Å². The van der Waals surface area contributed by atoms with Crippen LogP contribution in [0.5, 0.6) is 5.88 Å². The first-order valence-corrected chi connectivity index (χ1v) is 8.02. The molecule has 0 spiro atoms. The van der Waals surface area contributed by atoms with Crippen molar-refractivity contribution in [1.29, 1.82) is 0 Å². The quantitative estimate of drug-likeness (QED) is 0.781. The minimum Gasteiger partial charge on any atom is -0.477 e. The predicted octanol–water partition coefficient (Wildman–Crippen LogP) is 2.68. The Bertz CT molecular complexity index is 684. The lowest BCUT2D eigenvalue weighted by Gasteiger charge is -2.25. The minimum atomic E-state index is -0.478. The Labute approximate surface area is 143 Å². The molecule has 0 saturated carbocycles. The average Bonchev–Trinajstić information content (AvgIpc) is 2.53. The van der Waals surface area contributed by atoms with E-state index in [4.69, 9.17) is 10.5 Å². The number of hydrogen-bond donors (Lipinski definition) is 2. The molecule has 0 fully saturated rings. The molecule has 0 radical (unpaired) electrons. The number of primary amides is 1. The van der Waals surface area contributed by atoms with Crippen LogP contribution in [0.4, 0.5) is 0 Å². The van der Waals surface area contributed by atoms with Crippen LogP contribution in [-0.4, -0.2) is 24.0 Å². The van der Waals surface area contributed by atoms with E-state index in [1.807, 2.05) is 25.1 Å². The highest BCUT2D eigenvalue weighted by Crippen LogP contribution is 2.18. The Morgan fingerprint density at radius 1 is 1.25 bits per heavy atom. The van der Waals surface area contributed by atoms with E-state index in [0.717, 1.165) is 13.1 Å². The number of ether oxygens (including phenoxy) is 1. The Balaban J connectivity index is 1.86. The summed E-state index contributed by atoms with van der Waals surface area (Å²) >= 11 is 0. The second-order valence-corrected chi connectivity index (χ2v) is 6.74. The highest BCUT2D eigenvalue weighted by molar-refractivity contribution is 5.93. The van der Waals surface area contributed by atoms with E-state index in [1.54, 1.807) is 12.1 Å². The van der Waals surface area contributed by atoms with Gasteiger partial charge in [0.25, 0.3) is 0 Å². The lowest BCUT2D eigenvalue weighted by atomic mass is 9.95. The molecule has 1 heterocycles. The molecule has 128 valence electrons. The number of rotatable bonds is 8. The summed E-state index contributed by atoms with van der Waals surface area (Å²) in [6.45, 7) is 8.16. The number of benzene rings is 1. The zero-order chi connectivity index (χ0) is 17.6. The van der Waals surface area contributed by atoms with Gasteiger partial charge in [0.15, 0.2) is 0 Å². The summed E-state index contributed by atoms with van der Waals surface area (Å²) in [5.74, 6) is -0.0472. The third-order valence-corrected chi connectivity index (χ3v) is 3.60. The molecule has 2 rings (SSSR count). The maximum atomic E-state index is 11.3. The molecule has 1 aromatic heterocycles. The van der Waals surface area contributed by atoms with Crippen LogP contribution < -0.4 is 15.8 Å². The first kappa shape index (κ1) is 17.9. The van der Waals surface area contributed by atoms with Crippen LogP contribution in [0.3, 0.4) is 0 Å². The highest BCUT2D eigenvalue weighted by Gasteiger charge is 2.19. The van der Waals surface area contributed by atoms with Gasteiger partial charge >= 0.3 is 0 Å². The zero-order valence-electron chi connectivity index (χ0n) is 14.5. The molecule has 0 aliphatic heterocycles. The molecular weight excluding hydrogens is 302 g/mol. The summed E-state index contributed by atoms with van der Waals surface area (Å²) < 4.78 is 5.79. The molecule has 0 saturated heterocycles. The van der Waals surface area contributed by atoms with Crippen LogP contribution in [0.1, 0.15) is 35.5 Å². The largest absolute Gasteiger partial charge is 0.477 e. The fourth-order valence-corrected chi connectivity index (χ4v) is 2.32. The van der Waals surface area contributed by atoms with Gasteiger partial charge < -0.3 is 15.8 Å². The number of carbonyl (C=O) groups is 1. The van der Waals surface area contributed by atoms with Gasteiger partial charge in [-0.2, -0.15) is 0 Å². The molecule has 0 aliphatic carbocycles. The lowest BCUT2D eigenvalue weighted by molar-refractivity contribution is 0.0999. The van der Waals surface area contributed by atoms with Gasteiger partial charge in [0.05, 0.1) is 6.61 Å². The summed E-state index contributed by atoms with van der Waals surface area (Å²) in [5.41, 5.74) is 7.62. The van der Waals surface area contributed by atoms with Crippen molar-refractivity contribution in [3.63, 3.8) is 0 Å². The third-order valence-electron chi connectivity index (χ3n) is 3.60. The van der Waals surface area contributed by atoms with Crippen molar-refractivity contribution in [2.24, 2.45) is 11.1 Å². The van der Waals surface area contributed by atoms with Crippen molar-refractivity contribution < 1.29 is 9.53 Å². The van der Waals surface area contributed by atoms with Crippen LogP contribution >= 0.6 is 0 Å². The Morgan fingerprint density at radius 3 is 2.62 bits per heavy atom. The second-order valence-electron chi connectivity index (χ2n) is 6.74. The lowest BCUT2D eigenvalue weighted by Crippen LogP contribution is -2.34. The number of nitrogens with zero attached hydrogens (tertiary/aromatic N) is 1. The summed E-state index contributed by atoms with van der Waals surface area (Å²) in [6.07, 6.45) is 0. The number of nitrogens with two attached hydrogens (primary N) is 1. The molecule has 0 unspecified atom stereocenters. The van der Waals surface area contributed by atoms with Gasteiger partial charge in [-0.15, -0.1) is 0 Å². The van der Waals surface area contributed by atoms with Crippen LogP contribution in [0.2, 0.25) is 0 Å². The van der Waals surface area contributed by atoms with Crippen molar-refractivity contribution in [2.45, 2.75) is 27.3 Å². The van der Waals surface area contributed by atoms with E-state index in [9.17, 15) is 4.79 Å². The van der Waals surface area contributed by atoms with E-state index >= 15 is 0 Å². The molecule has 0 bridgehead atoms. The molecule has 24 heavy (non-hydrogen) atoms. The Morgan fingerprint density at radius 2 is 1.96 bits per heavy atom. The van der Waals surface area contributed by atoms with Crippen LogP contribution in [0, 0.1) is 12.3 Å². The standard InChI is InChI=1S/C19H25N3O2/c1-14-9-16(18(20)23)10-17(22-14)24-13-19(2,3)12-21-11-15-7-5-4-6-8-15/h4-10,21H,11-13H2,1-3H3,(H2,20,23). The van der Waals surface area contributed by atoms with E-state index in [1.165, 1.54) is 5.56 Å². The molecule has 0 atom stereocenters. The van der Waals surface area contributed by atoms with E-state index in [-0.39, 0.29) is 5.41 Å². The fraction of sp³-hybridized carbons (Fsp3) is 0.368. The van der Waals surface area contributed by atoms with E-state index in [0.29, 0.717) is 23.7 Å². The highest BCUT2D eigenvalue weighted by atomic mass is 16.5. The summed E-state index contributed by atoms with van der Waals surface area (Å²) in [6, 6.07) is 13.5. The van der Waals surface area contributed by atoms with Crippen LogP contribution in [0.15, 0.2) is 42.5 Å². The number of carbonyl (C=O) groups excluding carboxylic acids is 1. The van der Waals surface area contributed by atoms with Crippen molar-refractivity contribution in [3.05, 3.63) is 59.3 Å². The minimum absolute atomic E-state index is 0.0763. The molecule has 1 amide bonds. The average molecular weight is 327 g/mol. The number of aromatic nitrogens is 1. The molecule has 3 N–H and O–H groups in total. The number of nitrogens with one attached hydrogen (secondary N) is 1. The predicted molar refractivity (Wildman–Crippen MR) is 94.9 cm³/mol. The summed E-state index contributed by atoms with van der Waals surface area (Å²) in [5, 5.41) is 3.44. The summed E-state index contributed by atoms with van der Waals surface area (Å²) in [4.78, 5) is 15.6. The van der Waals surface area contributed by atoms with Gasteiger partial charge in [0, 0.05) is 35.8 Å². The van der Waals surface area contributed by atoms with Crippen molar-refractivity contribution in [3.8, 4) is 5.88 Å². The van der Waals surface area contributed by atoms with Gasteiger partial charge in [-0.1, -0.05) is 44.2 Å². The molecular formula is C19H25N3O2. The number of amides is 1. The van der Waals surface area contributed by atoms with E-state index in [2.05, 4.69) is 36.3 Å². The van der Waals surface area contributed by atoms with Crippen molar-refractivity contribution >= 4 is 5.91 Å². The smallest absolute Gasteiger partial charge is 0.248 e. The molecule has 1 aromatic carbocycles. The maximum Gasteiger partial charge on any atom is 0.248 e. The van der Waals surface area contributed by atoms with Crippen molar-refractivity contribution in [1.82, 2.24) is 10.3 Å². The van der Waals surface area contributed by atoms with Gasteiger partial charge in [-0.05, 0) is 18.6 Å². The summed E-state index contributed by atoms with van der Waals surface area (Å²) in [7, 11) is 0. The Hall–Kier alpha value is -2.40. The monoisotopic (exact) mass is 327 g/mol. The number of hydrogen-bond acceptors (Lipinski definition) is 4. The van der Waals surface area contributed by atoms with Crippen LogP contribution in [0.25, 0.3) is 0 Å². The van der Waals surface area contributed by atoms with Gasteiger partial charge in [0.1, 0.15) is 0 Å². The SMILES string of the molecule is Cc1cc(C(N)=O)cc(OCC(C)(C)CNCc2ccccc2)n1. The van der Waals surface area contributed by atoms with E-state index < -0.39 is 5.91 Å². The van der Waals surface area contributed by atoms with Gasteiger partial charge in [0.2, 0.25) is 11.8 Å². The van der Waals surface area contributed by atoms with Crippen LogP contribution in [-0.2, 0) is 6.54 Å². The normalized spacial score (nSPS) is 11.3. The molecule has 2 aromatic rings. The second kappa shape index (κ2) is 7.93. The molecule has 5 heteroatoms. The first-order chi connectivity index (χ1) is 11.4. The number of pyridine rings is 1. The number of aryl methyl sites for hydroxylation is 1.